The number of hydrogen-bond acceptors (Lipinski definition) is 3. The number of anilines is 1. The summed E-state index contributed by atoms with van der Waals surface area (Å²) in [5, 5.41) is 17.3. The van der Waals surface area contributed by atoms with Gasteiger partial charge in [-0.3, -0.25) is 4.79 Å². The van der Waals surface area contributed by atoms with Gasteiger partial charge >= 0.3 is 0 Å². The van der Waals surface area contributed by atoms with Crippen molar-refractivity contribution in [3.05, 3.63) is 64.7 Å². The van der Waals surface area contributed by atoms with Gasteiger partial charge < -0.3 is 20.6 Å². The molecule has 0 radical (unpaired) electrons. The van der Waals surface area contributed by atoms with Crippen molar-refractivity contribution in [3.8, 4) is 0 Å². The van der Waals surface area contributed by atoms with Gasteiger partial charge in [-0.05, 0) is 37.1 Å². The number of aliphatic hydroxyl groups excluding tert-OH is 1. The number of benzene rings is 2. The second kappa shape index (κ2) is 10.3. The van der Waals surface area contributed by atoms with Gasteiger partial charge in [-0.1, -0.05) is 41.9 Å². The summed E-state index contributed by atoms with van der Waals surface area (Å²) in [7, 11) is 0. The number of carbonyl (C=O) groups is 1. The number of nitrogens with one attached hydrogen (secondary N) is 2. The van der Waals surface area contributed by atoms with E-state index in [1.807, 2.05) is 54.3 Å². The van der Waals surface area contributed by atoms with Crippen molar-refractivity contribution in [2.75, 3.05) is 24.5 Å². The number of hydrogen-bond donors (Lipinski definition) is 3. The van der Waals surface area contributed by atoms with Crippen LogP contribution in [0, 0.1) is 0 Å². The summed E-state index contributed by atoms with van der Waals surface area (Å²) in [6.45, 7) is 4.28. The topological polar surface area (TPSA) is 77.0 Å². The Hall–Kier alpha value is -2.57. The Balaban J connectivity index is 1.58. The van der Waals surface area contributed by atoms with E-state index >= 15 is 0 Å². The van der Waals surface area contributed by atoms with E-state index < -0.39 is 6.10 Å². The molecule has 3 rings (SSSR count). The number of aliphatic imine (C=N–C) groups is 1. The van der Waals surface area contributed by atoms with Crippen LogP contribution in [0.1, 0.15) is 37.0 Å². The van der Waals surface area contributed by atoms with Gasteiger partial charge in [0.15, 0.2) is 5.96 Å². The largest absolute Gasteiger partial charge is 0.387 e. The molecule has 2 aromatic rings. The molecule has 1 aliphatic rings. The third kappa shape index (κ3) is 5.71. The maximum absolute atomic E-state index is 11.9. The first-order chi connectivity index (χ1) is 14.1. The molecule has 1 fully saturated rings. The minimum Gasteiger partial charge on any atom is -0.387 e. The Morgan fingerprint density at radius 2 is 1.97 bits per heavy atom. The second-order valence-electron chi connectivity index (χ2n) is 6.93. The zero-order valence-corrected chi connectivity index (χ0v) is 17.3. The average molecular weight is 415 g/mol. The molecule has 0 aliphatic carbocycles. The fraction of sp³-hybridized carbons (Fsp3) is 0.364. The molecule has 1 atom stereocenters. The van der Waals surface area contributed by atoms with E-state index in [2.05, 4.69) is 15.6 Å². The van der Waals surface area contributed by atoms with Gasteiger partial charge in [-0.2, -0.15) is 0 Å². The van der Waals surface area contributed by atoms with Gasteiger partial charge in [0, 0.05) is 42.3 Å². The summed E-state index contributed by atoms with van der Waals surface area (Å²) in [6.07, 6.45) is 0.816. The van der Waals surface area contributed by atoms with Gasteiger partial charge in [-0.15, -0.1) is 0 Å². The highest BCUT2D eigenvalue weighted by Gasteiger charge is 2.21. The molecule has 1 aliphatic heterocycles. The van der Waals surface area contributed by atoms with Crippen LogP contribution in [-0.4, -0.2) is 36.6 Å². The highest BCUT2D eigenvalue weighted by Crippen LogP contribution is 2.22. The first-order valence-electron chi connectivity index (χ1n) is 9.92. The fourth-order valence-corrected chi connectivity index (χ4v) is 3.52. The highest BCUT2D eigenvalue weighted by molar-refractivity contribution is 6.31. The van der Waals surface area contributed by atoms with Crippen LogP contribution in [0.5, 0.6) is 0 Å². The van der Waals surface area contributed by atoms with Crippen molar-refractivity contribution >= 4 is 29.2 Å². The van der Waals surface area contributed by atoms with E-state index in [0.717, 1.165) is 24.2 Å². The predicted octanol–water partition coefficient (Wildman–Crippen LogP) is 3.26. The van der Waals surface area contributed by atoms with Gasteiger partial charge in [0.1, 0.15) is 0 Å². The first-order valence-corrected chi connectivity index (χ1v) is 10.3. The number of guanidine groups is 1. The van der Waals surface area contributed by atoms with E-state index in [1.54, 1.807) is 6.07 Å². The minimum absolute atomic E-state index is 0.187. The van der Waals surface area contributed by atoms with Gasteiger partial charge in [0.25, 0.3) is 0 Å². The van der Waals surface area contributed by atoms with Crippen LogP contribution in [0.25, 0.3) is 0 Å². The Bertz CT molecular complexity index is 854. The predicted molar refractivity (Wildman–Crippen MR) is 117 cm³/mol. The number of nitrogens with zero attached hydrogens (tertiary/aromatic N) is 2. The lowest BCUT2D eigenvalue weighted by atomic mass is 10.1. The Morgan fingerprint density at radius 3 is 2.62 bits per heavy atom. The monoisotopic (exact) mass is 414 g/mol. The van der Waals surface area contributed by atoms with E-state index in [9.17, 15) is 9.90 Å². The molecular formula is C22H27ClN4O2. The molecular weight excluding hydrogens is 388 g/mol. The van der Waals surface area contributed by atoms with Gasteiger partial charge in [0.2, 0.25) is 5.91 Å². The molecule has 7 heteroatoms. The summed E-state index contributed by atoms with van der Waals surface area (Å²) in [5.41, 5.74) is 2.67. The van der Waals surface area contributed by atoms with Gasteiger partial charge in [0.05, 0.1) is 12.6 Å². The molecule has 29 heavy (non-hydrogen) atoms. The Morgan fingerprint density at radius 1 is 1.21 bits per heavy atom. The normalized spacial score (nSPS) is 15.5. The standard InChI is InChI=1S/C22H27ClN4O2/c1-2-24-22(26-15-20(28)18-6-3-4-7-19(18)23)25-14-16-9-11-17(12-10-16)27-13-5-8-21(27)29/h3-4,6-7,9-12,20,28H,2,5,8,13-15H2,1H3,(H2,24,25,26). The molecule has 0 spiro atoms. The summed E-state index contributed by atoms with van der Waals surface area (Å²) < 4.78 is 0. The van der Waals surface area contributed by atoms with E-state index in [4.69, 9.17) is 11.6 Å². The molecule has 1 amide bonds. The summed E-state index contributed by atoms with van der Waals surface area (Å²) in [4.78, 5) is 18.3. The molecule has 3 N–H and O–H groups in total. The first kappa shape index (κ1) is 21.1. The van der Waals surface area contributed by atoms with Crippen molar-refractivity contribution in [1.29, 1.82) is 0 Å². The summed E-state index contributed by atoms with van der Waals surface area (Å²) >= 11 is 6.15. The van der Waals surface area contributed by atoms with Crippen molar-refractivity contribution in [3.63, 3.8) is 0 Å². The summed E-state index contributed by atoms with van der Waals surface area (Å²) in [5.74, 6) is 0.809. The SMILES string of the molecule is CCNC(=NCc1ccc(N2CCCC2=O)cc1)NCC(O)c1ccccc1Cl. The van der Waals surface area contributed by atoms with Crippen LogP contribution < -0.4 is 15.5 Å². The molecule has 154 valence electrons. The molecule has 1 unspecified atom stereocenters. The van der Waals surface area contributed by atoms with Crippen molar-refractivity contribution in [2.24, 2.45) is 4.99 Å². The molecule has 0 saturated carbocycles. The smallest absolute Gasteiger partial charge is 0.227 e. The van der Waals surface area contributed by atoms with Crippen molar-refractivity contribution in [1.82, 2.24) is 10.6 Å². The van der Waals surface area contributed by atoms with E-state index in [0.29, 0.717) is 42.6 Å². The van der Waals surface area contributed by atoms with Crippen LogP contribution in [0.2, 0.25) is 5.02 Å². The Labute approximate surface area is 176 Å². The maximum Gasteiger partial charge on any atom is 0.227 e. The van der Waals surface area contributed by atoms with E-state index in [1.165, 1.54) is 0 Å². The lowest BCUT2D eigenvalue weighted by Crippen LogP contribution is -2.39. The number of aliphatic hydroxyl groups is 1. The molecule has 0 bridgehead atoms. The molecule has 1 saturated heterocycles. The van der Waals surface area contributed by atoms with Crippen LogP contribution in [-0.2, 0) is 11.3 Å². The van der Waals surface area contributed by atoms with Crippen LogP contribution >= 0.6 is 11.6 Å². The zero-order chi connectivity index (χ0) is 20.6. The summed E-state index contributed by atoms with van der Waals surface area (Å²) in [6, 6.07) is 15.2. The highest BCUT2D eigenvalue weighted by atomic mass is 35.5. The third-order valence-corrected chi connectivity index (χ3v) is 5.16. The van der Waals surface area contributed by atoms with E-state index in [-0.39, 0.29) is 5.91 Å². The van der Waals surface area contributed by atoms with Crippen molar-refractivity contribution < 1.29 is 9.90 Å². The van der Waals surface area contributed by atoms with Crippen molar-refractivity contribution in [2.45, 2.75) is 32.4 Å². The van der Waals surface area contributed by atoms with Crippen LogP contribution in [0.4, 0.5) is 5.69 Å². The number of rotatable bonds is 7. The second-order valence-corrected chi connectivity index (χ2v) is 7.34. The average Bonchev–Trinajstić information content (AvgIpc) is 3.16. The minimum atomic E-state index is -0.732. The molecule has 2 aromatic carbocycles. The molecule has 0 aromatic heterocycles. The zero-order valence-electron chi connectivity index (χ0n) is 16.6. The van der Waals surface area contributed by atoms with Crippen LogP contribution in [0.15, 0.2) is 53.5 Å². The fourth-order valence-electron chi connectivity index (χ4n) is 3.26. The molecule has 1 heterocycles. The van der Waals surface area contributed by atoms with Crippen LogP contribution in [0.3, 0.4) is 0 Å². The Kier molecular flexibility index (Phi) is 7.49. The number of amides is 1. The quantitative estimate of drug-likeness (QED) is 0.480. The lowest BCUT2D eigenvalue weighted by molar-refractivity contribution is -0.117. The number of carbonyl (C=O) groups excluding carboxylic acids is 1. The molecule has 6 nitrogen and oxygen atoms in total. The maximum atomic E-state index is 11.9. The van der Waals surface area contributed by atoms with Gasteiger partial charge in [-0.25, -0.2) is 4.99 Å². The lowest BCUT2D eigenvalue weighted by Gasteiger charge is -2.17. The third-order valence-electron chi connectivity index (χ3n) is 4.81. The number of halogens is 1.